The van der Waals surface area contributed by atoms with Crippen LogP contribution in [0.4, 0.5) is 0 Å². The minimum Gasteiger partial charge on any atom is -0.312 e. The van der Waals surface area contributed by atoms with E-state index in [4.69, 9.17) is 0 Å². The standard InChI is InChI=1S/C13H22N2/c1-2-7-15(8-3-1)10-13-12-6-4-5-11(12)9-14-13/h1-2,11-14H,3-10H2. The Morgan fingerprint density at radius 3 is 3.13 bits per heavy atom. The van der Waals surface area contributed by atoms with E-state index in [1.54, 1.807) is 0 Å². The van der Waals surface area contributed by atoms with Crippen LogP contribution in [0, 0.1) is 11.8 Å². The quantitative estimate of drug-likeness (QED) is 0.691. The van der Waals surface area contributed by atoms with E-state index < -0.39 is 0 Å². The third-order valence-corrected chi connectivity index (χ3v) is 4.47. The molecule has 2 fully saturated rings. The van der Waals surface area contributed by atoms with E-state index in [0.717, 1.165) is 17.9 Å². The fraction of sp³-hybridized carbons (Fsp3) is 0.846. The van der Waals surface area contributed by atoms with Gasteiger partial charge in [0.05, 0.1) is 0 Å². The van der Waals surface area contributed by atoms with Gasteiger partial charge in [-0.2, -0.15) is 0 Å². The second-order valence-electron chi connectivity index (χ2n) is 5.39. The van der Waals surface area contributed by atoms with Crippen LogP contribution in [-0.2, 0) is 0 Å². The van der Waals surface area contributed by atoms with Gasteiger partial charge >= 0.3 is 0 Å². The smallest absolute Gasteiger partial charge is 0.0226 e. The average molecular weight is 206 g/mol. The van der Waals surface area contributed by atoms with Crippen LogP contribution in [0.3, 0.4) is 0 Å². The molecule has 0 radical (unpaired) electrons. The van der Waals surface area contributed by atoms with Crippen molar-refractivity contribution in [2.75, 3.05) is 26.2 Å². The Kier molecular flexibility index (Phi) is 2.80. The number of rotatable bonds is 2. The van der Waals surface area contributed by atoms with Gasteiger partial charge in [0, 0.05) is 25.7 Å². The molecule has 0 aromatic carbocycles. The highest BCUT2D eigenvalue weighted by Crippen LogP contribution is 2.37. The monoisotopic (exact) mass is 206 g/mol. The average Bonchev–Trinajstić information content (AvgIpc) is 2.85. The van der Waals surface area contributed by atoms with Crippen molar-refractivity contribution in [3.8, 4) is 0 Å². The Morgan fingerprint density at radius 1 is 1.27 bits per heavy atom. The molecule has 1 saturated heterocycles. The lowest BCUT2D eigenvalue weighted by Crippen LogP contribution is -2.41. The van der Waals surface area contributed by atoms with Gasteiger partial charge in [0.15, 0.2) is 0 Å². The number of nitrogens with one attached hydrogen (secondary N) is 1. The molecule has 0 spiro atoms. The van der Waals surface area contributed by atoms with E-state index in [9.17, 15) is 0 Å². The summed E-state index contributed by atoms with van der Waals surface area (Å²) in [5.41, 5.74) is 0. The fourth-order valence-electron chi connectivity index (χ4n) is 3.64. The fourth-order valence-corrected chi connectivity index (χ4v) is 3.64. The highest BCUT2D eigenvalue weighted by atomic mass is 15.2. The molecule has 3 rings (SSSR count). The predicted molar refractivity (Wildman–Crippen MR) is 62.8 cm³/mol. The summed E-state index contributed by atoms with van der Waals surface area (Å²) in [6.45, 7) is 5.02. The zero-order valence-corrected chi connectivity index (χ0v) is 9.49. The first-order valence-electron chi connectivity index (χ1n) is 6.54. The molecule has 3 atom stereocenters. The predicted octanol–water partition coefficient (Wildman–Crippen LogP) is 1.64. The van der Waals surface area contributed by atoms with Crippen molar-refractivity contribution in [2.24, 2.45) is 11.8 Å². The van der Waals surface area contributed by atoms with Gasteiger partial charge < -0.3 is 5.32 Å². The molecule has 3 unspecified atom stereocenters. The molecule has 0 amide bonds. The van der Waals surface area contributed by atoms with Gasteiger partial charge in [-0.15, -0.1) is 0 Å². The molecule has 2 aliphatic heterocycles. The molecule has 15 heavy (non-hydrogen) atoms. The van der Waals surface area contributed by atoms with Crippen LogP contribution in [0.1, 0.15) is 25.7 Å². The van der Waals surface area contributed by atoms with Crippen molar-refractivity contribution in [1.82, 2.24) is 10.2 Å². The van der Waals surface area contributed by atoms with Gasteiger partial charge in [0.25, 0.3) is 0 Å². The van der Waals surface area contributed by atoms with Gasteiger partial charge in [-0.25, -0.2) is 0 Å². The maximum Gasteiger partial charge on any atom is 0.0226 e. The molecule has 2 heterocycles. The van der Waals surface area contributed by atoms with Crippen LogP contribution in [0.5, 0.6) is 0 Å². The first-order valence-corrected chi connectivity index (χ1v) is 6.54. The van der Waals surface area contributed by atoms with E-state index in [1.165, 1.54) is 51.9 Å². The number of nitrogens with zero attached hydrogens (tertiary/aromatic N) is 1. The van der Waals surface area contributed by atoms with Crippen molar-refractivity contribution in [3.05, 3.63) is 12.2 Å². The molecule has 0 aromatic rings. The molecule has 2 heteroatoms. The Balaban J connectivity index is 1.56. The minimum absolute atomic E-state index is 0.795. The van der Waals surface area contributed by atoms with Gasteiger partial charge in [0.2, 0.25) is 0 Å². The molecular formula is C13H22N2. The van der Waals surface area contributed by atoms with Gasteiger partial charge in [-0.05, 0) is 37.6 Å². The molecule has 1 N–H and O–H groups in total. The van der Waals surface area contributed by atoms with Crippen molar-refractivity contribution < 1.29 is 0 Å². The van der Waals surface area contributed by atoms with Crippen LogP contribution in [0.15, 0.2) is 12.2 Å². The topological polar surface area (TPSA) is 15.3 Å². The van der Waals surface area contributed by atoms with E-state index in [2.05, 4.69) is 22.4 Å². The Hall–Kier alpha value is -0.340. The molecule has 0 aromatic heterocycles. The molecule has 0 bridgehead atoms. The minimum atomic E-state index is 0.795. The van der Waals surface area contributed by atoms with E-state index >= 15 is 0 Å². The first kappa shape index (κ1) is 9.86. The van der Waals surface area contributed by atoms with E-state index in [-0.39, 0.29) is 0 Å². The molecular weight excluding hydrogens is 184 g/mol. The highest BCUT2D eigenvalue weighted by Gasteiger charge is 2.39. The molecule has 3 aliphatic rings. The summed E-state index contributed by atoms with van der Waals surface area (Å²) in [5, 5.41) is 3.74. The van der Waals surface area contributed by atoms with Crippen LogP contribution in [0.25, 0.3) is 0 Å². The largest absolute Gasteiger partial charge is 0.312 e. The van der Waals surface area contributed by atoms with Gasteiger partial charge in [-0.3, -0.25) is 4.90 Å². The number of hydrogen-bond acceptors (Lipinski definition) is 2. The molecule has 84 valence electrons. The maximum atomic E-state index is 3.74. The second kappa shape index (κ2) is 4.26. The summed E-state index contributed by atoms with van der Waals surface area (Å²) in [5.74, 6) is 2.01. The summed E-state index contributed by atoms with van der Waals surface area (Å²) in [4.78, 5) is 2.61. The maximum absolute atomic E-state index is 3.74. The highest BCUT2D eigenvalue weighted by molar-refractivity contribution is 4.98. The zero-order chi connectivity index (χ0) is 10.1. The lowest BCUT2D eigenvalue weighted by Gasteiger charge is -2.28. The molecule has 1 aliphatic carbocycles. The van der Waals surface area contributed by atoms with Crippen molar-refractivity contribution in [1.29, 1.82) is 0 Å². The third-order valence-electron chi connectivity index (χ3n) is 4.47. The lowest BCUT2D eigenvalue weighted by atomic mass is 9.93. The van der Waals surface area contributed by atoms with Crippen molar-refractivity contribution in [2.45, 2.75) is 31.7 Å². The Morgan fingerprint density at radius 2 is 2.27 bits per heavy atom. The lowest BCUT2D eigenvalue weighted by molar-refractivity contribution is 0.242. The van der Waals surface area contributed by atoms with Gasteiger partial charge in [-0.1, -0.05) is 18.6 Å². The SMILES string of the molecule is C1=CCN(CC2NCC3CCCC32)CC1. The molecule has 2 nitrogen and oxygen atoms in total. The number of fused-ring (bicyclic) bond motifs is 1. The van der Waals surface area contributed by atoms with Crippen molar-refractivity contribution in [3.63, 3.8) is 0 Å². The summed E-state index contributed by atoms with van der Waals surface area (Å²) >= 11 is 0. The van der Waals surface area contributed by atoms with Gasteiger partial charge in [0.1, 0.15) is 0 Å². The summed E-state index contributed by atoms with van der Waals surface area (Å²) < 4.78 is 0. The van der Waals surface area contributed by atoms with Crippen LogP contribution in [-0.4, -0.2) is 37.1 Å². The Bertz CT molecular complexity index is 249. The normalized spacial score (nSPS) is 40.9. The van der Waals surface area contributed by atoms with Crippen molar-refractivity contribution >= 4 is 0 Å². The molecule has 1 saturated carbocycles. The van der Waals surface area contributed by atoms with Crippen LogP contribution >= 0.6 is 0 Å². The Labute approximate surface area is 92.7 Å². The zero-order valence-electron chi connectivity index (χ0n) is 9.49. The summed E-state index contributed by atoms with van der Waals surface area (Å²) in [6.07, 6.45) is 10.3. The van der Waals surface area contributed by atoms with Crippen LogP contribution in [0.2, 0.25) is 0 Å². The second-order valence-corrected chi connectivity index (χ2v) is 5.39. The number of hydrogen-bond donors (Lipinski definition) is 1. The van der Waals surface area contributed by atoms with E-state index in [1.807, 2.05) is 0 Å². The summed E-state index contributed by atoms with van der Waals surface area (Å²) in [7, 11) is 0. The van der Waals surface area contributed by atoms with E-state index in [0.29, 0.717) is 0 Å². The van der Waals surface area contributed by atoms with Crippen LogP contribution < -0.4 is 5.32 Å². The summed E-state index contributed by atoms with van der Waals surface area (Å²) in [6, 6.07) is 0.795. The third kappa shape index (κ3) is 1.98. The first-order chi connectivity index (χ1) is 7.43.